The van der Waals surface area contributed by atoms with E-state index < -0.39 is 0 Å². The molecule has 0 amide bonds. The van der Waals surface area contributed by atoms with E-state index >= 15 is 0 Å². The standard InChI is InChI=1S/C16H13ClO2/c1-11-5-7-15(18)14(9-11)16(19)8-6-12-3-2-4-13(17)10-12/h2-10,18H,1H3/b8-6+. The zero-order valence-corrected chi connectivity index (χ0v) is 11.2. The van der Waals surface area contributed by atoms with Crippen LogP contribution in [0.15, 0.2) is 48.5 Å². The summed E-state index contributed by atoms with van der Waals surface area (Å²) in [5, 5.41) is 10.3. The van der Waals surface area contributed by atoms with E-state index in [0.717, 1.165) is 11.1 Å². The second-order valence-electron chi connectivity index (χ2n) is 4.27. The van der Waals surface area contributed by atoms with E-state index in [1.807, 2.05) is 19.1 Å². The highest BCUT2D eigenvalue weighted by atomic mass is 35.5. The van der Waals surface area contributed by atoms with Gasteiger partial charge in [-0.1, -0.05) is 41.4 Å². The summed E-state index contributed by atoms with van der Waals surface area (Å²) in [6.45, 7) is 1.87. The Labute approximate surface area is 117 Å². The zero-order valence-electron chi connectivity index (χ0n) is 10.4. The smallest absolute Gasteiger partial charge is 0.189 e. The van der Waals surface area contributed by atoms with E-state index in [1.165, 1.54) is 12.1 Å². The van der Waals surface area contributed by atoms with Crippen LogP contribution in [0.5, 0.6) is 5.75 Å². The van der Waals surface area contributed by atoms with Crippen molar-refractivity contribution in [3.05, 3.63) is 70.3 Å². The van der Waals surface area contributed by atoms with Gasteiger partial charge in [-0.05, 0) is 42.8 Å². The fourth-order valence-electron chi connectivity index (χ4n) is 1.72. The van der Waals surface area contributed by atoms with Gasteiger partial charge in [-0.3, -0.25) is 4.79 Å². The van der Waals surface area contributed by atoms with Gasteiger partial charge in [0, 0.05) is 5.02 Å². The van der Waals surface area contributed by atoms with Gasteiger partial charge < -0.3 is 5.11 Å². The van der Waals surface area contributed by atoms with Gasteiger partial charge in [-0.25, -0.2) is 0 Å². The molecule has 0 aliphatic carbocycles. The molecule has 0 bridgehead atoms. The Bertz CT molecular complexity index is 645. The molecule has 0 unspecified atom stereocenters. The van der Waals surface area contributed by atoms with Crippen LogP contribution in [-0.4, -0.2) is 10.9 Å². The number of aryl methyl sites for hydroxylation is 1. The maximum absolute atomic E-state index is 12.0. The van der Waals surface area contributed by atoms with Crippen LogP contribution in [0.4, 0.5) is 0 Å². The zero-order chi connectivity index (χ0) is 13.8. The molecule has 2 aromatic rings. The van der Waals surface area contributed by atoms with Crippen LogP contribution in [0.2, 0.25) is 5.02 Å². The molecule has 1 N–H and O–H groups in total. The van der Waals surface area contributed by atoms with Crippen LogP contribution in [0.1, 0.15) is 21.5 Å². The number of carbonyl (C=O) groups is 1. The van der Waals surface area contributed by atoms with Crippen molar-refractivity contribution in [3.8, 4) is 5.75 Å². The van der Waals surface area contributed by atoms with Gasteiger partial charge in [0.05, 0.1) is 5.56 Å². The lowest BCUT2D eigenvalue weighted by atomic mass is 10.1. The summed E-state index contributed by atoms with van der Waals surface area (Å²) in [6, 6.07) is 12.2. The number of hydrogen-bond donors (Lipinski definition) is 1. The average molecular weight is 273 g/mol. The van der Waals surface area contributed by atoms with Crippen molar-refractivity contribution in [2.24, 2.45) is 0 Å². The summed E-state index contributed by atoms with van der Waals surface area (Å²) in [5.41, 5.74) is 2.07. The highest BCUT2D eigenvalue weighted by molar-refractivity contribution is 6.30. The van der Waals surface area contributed by atoms with Crippen molar-refractivity contribution in [1.82, 2.24) is 0 Å². The number of aromatic hydroxyl groups is 1. The van der Waals surface area contributed by atoms with Gasteiger partial charge in [-0.2, -0.15) is 0 Å². The Balaban J connectivity index is 2.23. The first kappa shape index (κ1) is 13.4. The van der Waals surface area contributed by atoms with E-state index in [2.05, 4.69) is 0 Å². The fraction of sp³-hybridized carbons (Fsp3) is 0.0625. The molecule has 2 nitrogen and oxygen atoms in total. The summed E-state index contributed by atoms with van der Waals surface area (Å²) in [4.78, 5) is 12.0. The minimum absolute atomic E-state index is 0.00801. The van der Waals surface area contributed by atoms with Gasteiger partial charge in [0.25, 0.3) is 0 Å². The number of hydrogen-bond acceptors (Lipinski definition) is 2. The maximum atomic E-state index is 12.0. The molecular formula is C16H13ClO2. The lowest BCUT2D eigenvalue weighted by Gasteiger charge is -2.01. The highest BCUT2D eigenvalue weighted by Gasteiger charge is 2.07. The molecule has 0 saturated carbocycles. The van der Waals surface area contributed by atoms with E-state index in [1.54, 1.807) is 30.3 Å². The van der Waals surface area contributed by atoms with Crippen molar-refractivity contribution in [3.63, 3.8) is 0 Å². The number of ketones is 1. The average Bonchev–Trinajstić information content (AvgIpc) is 2.39. The second-order valence-corrected chi connectivity index (χ2v) is 4.71. The number of allylic oxidation sites excluding steroid dienone is 1. The van der Waals surface area contributed by atoms with Crippen LogP contribution in [0.25, 0.3) is 6.08 Å². The number of phenols is 1. The number of rotatable bonds is 3. The van der Waals surface area contributed by atoms with Crippen molar-refractivity contribution in [1.29, 1.82) is 0 Å². The highest BCUT2D eigenvalue weighted by Crippen LogP contribution is 2.20. The Morgan fingerprint density at radius 2 is 2.00 bits per heavy atom. The van der Waals surface area contributed by atoms with E-state index in [9.17, 15) is 9.90 Å². The first-order valence-corrected chi connectivity index (χ1v) is 6.21. The summed E-state index contributed by atoms with van der Waals surface area (Å²) in [7, 11) is 0. The van der Waals surface area contributed by atoms with E-state index in [-0.39, 0.29) is 11.5 Å². The molecule has 2 aromatic carbocycles. The van der Waals surface area contributed by atoms with Crippen molar-refractivity contribution < 1.29 is 9.90 Å². The molecule has 2 rings (SSSR count). The predicted octanol–water partition coefficient (Wildman–Crippen LogP) is 4.25. The van der Waals surface area contributed by atoms with E-state index in [0.29, 0.717) is 10.6 Å². The molecule has 0 aliphatic rings. The SMILES string of the molecule is Cc1ccc(O)c(C(=O)/C=C/c2cccc(Cl)c2)c1. The number of carbonyl (C=O) groups excluding carboxylic acids is 1. The Morgan fingerprint density at radius 3 is 2.74 bits per heavy atom. The first-order valence-electron chi connectivity index (χ1n) is 5.84. The lowest BCUT2D eigenvalue weighted by Crippen LogP contribution is -1.95. The molecule has 0 aliphatic heterocycles. The molecule has 0 aromatic heterocycles. The van der Waals surface area contributed by atoms with Gasteiger partial charge in [0.2, 0.25) is 0 Å². The second kappa shape index (κ2) is 5.72. The molecule has 0 saturated heterocycles. The summed E-state index contributed by atoms with van der Waals surface area (Å²) < 4.78 is 0. The van der Waals surface area contributed by atoms with Gasteiger partial charge in [-0.15, -0.1) is 0 Å². The monoisotopic (exact) mass is 272 g/mol. The molecule has 0 radical (unpaired) electrons. The Kier molecular flexibility index (Phi) is 4.03. The molecule has 0 atom stereocenters. The van der Waals surface area contributed by atoms with Crippen molar-refractivity contribution >= 4 is 23.5 Å². The van der Waals surface area contributed by atoms with Gasteiger partial charge in [0.1, 0.15) is 5.75 Å². The molecule has 19 heavy (non-hydrogen) atoms. The minimum Gasteiger partial charge on any atom is -0.507 e. The fourth-order valence-corrected chi connectivity index (χ4v) is 1.92. The van der Waals surface area contributed by atoms with Crippen LogP contribution in [0.3, 0.4) is 0 Å². The first-order chi connectivity index (χ1) is 9.06. The molecule has 3 heteroatoms. The Hall–Kier alpha value is -2.06. The predicted molar refractivity (Wildman–Crippen MR) is 77.7 cm³/mol. The van der Waals surface area contributed by atoms with Crippen LogP contribution in [-0.2, 0) is 0 Å². The maximum Gasteiger partial charge on any atom is 0.189 e. The largest absolute Gasteiger partial charge is 0.507 e. The third-order valence-corrected chi connectivity index (χ3v) is 2.93. The lowest BCUT2D eigenvalue weighted by molar-refractivity contribution is 0.104. The Morgan fingerprint density at radius 1 is 1.21 bits per heavy atom. The number of benzene rings is 2. The topological polar surface area (TPSA) is 37.3 Å². The normalized spacial score (nSPS) is 10.8. The number of halogens is 1. The molecular weight excluding hydrogens is 260 g/mol. The molecule has 0 spiro atoms. The van der Waals surface area contributed by atoms with Crippen LogP contribution < -0.4 is 0 Å². The molecule has 0 fully saturated rings. The molecule has 0 heterocycles. The van der Waals surface area contributed by atoms with Crippen LogP contribution in [0, 0.1) is 6.92 Å². The molecule has 96 valence electrons. The van der Waals surface area contributed by atoms with Gasteiger partial charge >= 0.3 is 0 Å². The third kappa shape index (κ3) is 3.46. The quantitative estimate of drug-likeness (QED) is 0.670. The van der Waals surface area contributed by atoms with Crippen LogP contribution >= 0.6 is 11.6 Å². The van der Waals surface area contributed by atoms with Crippen molar-refractivity contribution in [2.45, 2.75) is 6.92 Å². The summed E-state index contributed by atoms with van der Waals surface area (Å²) >= 11 is 5.86. The third-order valence-electron chi connectivity index (χ3n) is 2.69. The van der Waals surface area contributed by atoms with Crippen molar-refractivity contribution in [2.75, 3.05) is 0 Å². The minimum atomic E-state index is -0.235. The summed E-state index contributed by atoms with van der Waals surface area (Å²) in [6.07, 6.45) is 3.11. The summed E-state index contributed by atoms with van der Waals surface area (Å²) in [5.74, 6) is -0.243. The van der Waals surface area contributed by atoms with E-state index in [4.69, 9.17) is 11.6 Å². The number of phenolic OH excluding ortho intramolecular Hbond substituents is 1. The van der Waals surface area contributed by atoms with Gasteiger partial charge in [0.15, 0.2) is 5.78 Å².